The molecule has 9 nitrogen and oxygen atoms in total. The summed E-state index contributed by atoms with van der Waals surface area (Å²) in [5, 5.41) is 33.7. The van der Waals surface area contributed by atoms with Gasteiger partial charge in [0.2, 0.25) is 5.91 Å². The molecule has 0 saturated carbocycles. The first-order valence-electron chi connectivity index (χ1n) is 11.3. The van der Waals surface area contributed by atoms with Crippen molar-refractivity contribution in [3.05, 3.63) is 36.5 Å². The number of hydrogen-bond donors (Lipinski definition) is 4. The second-order valence-electron chi connectivity index (χ2n) is 9.50. The Hall–Kier alpha value is -2.04. The number of allylic oxidation sites excluding steroid dienone is 3. The van der Waals surface area contributed by atoms with Crippen LogP contribution < -0.4 is 5.32 Å². The van der Waals surface area contributed by atoms with E-state index in [0.717, 1.165) is 6.42 Å². The number of fused-ring (bicyclic) bond motifs is 1. The van der Waals surface area contributed by atoms with E-state index in [4.69, 9.17) is 9.47 Å². The minimum absolute atomic E-state index is 0.0455. The number of methoxy groups -OCH3 is 1. The van der Waals surface area contributed by atoms with Crippen molar-refractivity contribution in [3.8, 4) is 0 Å². The summed E-state index contributed by atoms with van der Waals surface area (Å²) in [5.41, 5.74) is -0.241. The van der Waals surface area contributed by atoms with Gasteiger partial charge in [-0.1, -0.05) is 64.2 Å². The first kappa shape index (κ1) is 27.2. The lowest BCUT2D eigenvalue weighted by molar-refractivity contribution is -0.152. The van der Waals surface area contributed by atoms with Gasteiger partial charge in [-0.25, -0.2) is 0 Å². The largest absolute Gasteiger partial charge is 0.387 e. The van der Waals surface area contributed by atoms with Crippen molar-refractivity contribution in [2.45, 2.75) is 76.7 Å². The number of aliphatic hydroxyl groups excluding tert-OH is 3. The number of ether oxygens (including phenoxy) is 2. The lowest BCUT2D eigenvalue weighted by Crippen LogP contribution is -2.57. The second-order valence-corrected chi connectivity index (χ2v) is 9.50. The molecule has 0 spiro atoms. The van der Waals surface area contributed by atoms with E-state index in [1.807, 2.05) is 52.0 Å². The summed E-state index contributed by atoms with van der Waals surface area (Å²) < 4.78 is 11.0. The van der Waals surface area contributed by atoms with Gasteiger partial charge in [-0.05, 0) is 11.8 Å². The minimum Gasteiger partial charge on any atom is -0.387 e. The van der Waals surface area contributed by atoms with Crippen LogP contribution in [0, 0.1) is 5.41 Å². The fourth-order valence-corrected chi connectivity index (χ4v) is 3.78. The van der Waals surface area contributed by atoms with Crippen LogP contribution in [-0.4, -0.2) is 94.9 Å². The van der Waals surface area contributed by atoms with Gasteiger partial charge in [-0.3, -0.25) is 9.59 Å². The van der Waals surface area contributed by atoms with E-state index < -0.39 is 36.4 Å². The van der Waals surface area contributed by atoms with Crippen molar-refractivity contribution < 1.29 is 34.4 Å². The highest BCUT2D eigenvalue weighted by molar-refractivity contribution is 5.90. The number of amides is 2. The van der Waals surface area contributed by atoms with Gasteiger partial charge in [0.25, 0.3) is 5.91 Å². The maximum atomic E-state index is 13.2. The third-order valence-corrected chi connectivity index (χ3v) is 5.55. The molecule has 0 radical (unpaired) electrons. The minimum atomic E-state index is -1.73. The zero-order valence-electron chi connectivity index (χ0n) is 20.0. The van der Waals surface area contributed by atoms with Gasteiger partial charge in [0.15, 0.2) is 6.10 Å². The summed E-state index contributed by atoms with van der Waals surface area (Å²) in [4.78, 5) is 27.8. The molecule has 4 N–H and O–H groups in total. The summed E-state index contributed by atoms with van der Waals surface area (Å²) in [6.07, 6.45) is 4.65. The molecule has 2 unspecified atom stereocenters. The van der Waals surface area contributed by atoms with Crippen molar-refractivity contribution in [1.82, 2.24) is 10.2 Å². The van der Waals surface area contributed by atoms with E-state index in [0.29, 0.717) is 6.54 Å². The van der Waals surface area contributed by atoms with Gasteiger partial charge in [0.1, 0.15) is 24.4 Å². The fraction of sp³-hybridized carbons (Fsp3) is 0.667. The van der Waals surface area contributed by atoms with Gasteiger partial charge in [0.05, 0.1) is 18.8 Å². The standard InChI is InChI=1S/C24H38N2O7/c1-6-13-26-16-9-7-8-10-18(16)33-14-15(23(26)31)25-22(30)21(32-5)20(29)19(28)17(27)11-12-24(2,3)4/h7-12,15-21,27-29H,6,13-14H2,1-5H3,(H,25,30)/b12-11+/t15-,16?,17+,18?,19-,20+,21+/m0/s1. The van der Waals surface area contributed by atoms with Gasteiger partial charge in [-0.15, -0.1) is 0 Å². The highest BCUT2D eigenvalue weighted by Gasteiger charge is 2.41. The van der Waals surface area contributed by atoms with Crippen LogP contribution in [0.15, 0.2) is 36.5 Å². The molecule has 0 aromatic heterocycles. The Kier molecular flexibility index (Phi) is 9.81. The lowest BCUT2D eigenvalue weighted by atomic mass is 9.94. The summed E-state index contributed by atoms with van der Waals surface area (Å²) in [5.74, 6) is -1.08. The Labute approximate surface area is 195 Å². The van der Waals surface area contributed by atoms with Crippen LogP contribution in [0.1, 0.15) is 34.1 Å². The first-order valence-corrected chi connectivity index (χ1v) is 11.3. The first-order chi connectivity index (χ1) is 15.5. The van der Waals surface area contributed by atoms with Crippen molar-refractivity contribution in [2.24, 2.45) is 5.41 Å². The number of nitrogens with one attached hydrogen (secondary N) is 1. The average molecular weight is 467 g/mol. The number of nitrogens with zero attached hydrogens (tertiary/aromatic N) is 1. The highest BCUT2D eigenvalue weighted by Crippen LogP contribution is 2.22. The van der Waals surface area contributed by atoms with Gasteiger partial charge >= 0.3 is 0 Å². The summed E-state index contributed by atoms with van der Waals surface area (Å²) in [7, 11) is 1.20. The molecule has 0 bridgehead atoms. The van der Waals surface area contributed by atoms with Crippen LogP contribution >= 0.6 is 0 Å². The van der Waals surface area contributed by atoms with Crippen LogP contribution in [0.4, 0.5) is 0 Å². The highest BCUT2D eigenvalue weighted by atomic mass is 16.5. The van der Waals surface area contributed by atoms with Crippen LogP contribution in [0.5, 0.6) is 0 Å². The van der Waals surface area contributed by atoms with Crippen LogP contribution in [0.25, 0.3) is 0 Å². The Morgan fingerprint density at radius 1 is 1.27 bits per heavy atom. The molecule has 9 heteroatoms. The van der Waals surface area contributed by atoms with Crippen LogP contribution in [-0.2, 0) is 19.1 Å². The predicted molar refractivity (Wildman–Crippen MR) is 123 cm³/mol. The second kappa shape index (κ2) is 11.9. The molecular weight excluding hydrogens is 428 g/mol. The van der Waals surface area contributed by atoms with Crippen LogP contribution in [0.3, 0.4) is 0 Å². The molecule has 0 aromatic rings. The monoisotopic (exact) mass is 466 g/mol. The number of carbonyl (C=O) groups is 2. The molecule has 1 saturated heterocycles. The predicted octanol–water partition coefficient (Wildman–Crippen LogP) is 0.303. The quantitative estimate of drug-likeness (QED) is 0.360. The molecule has 2 aliphatic rings. The number of hydrogen-bond acceptors (Lipinski definition) is 7. The Balaban J connectivity index is 2.11. The van der Waals surface area contributed by atoms with E-state index in [2.05, 4.69) is 5.32 Å². The van der Waals surface area contributed by atoms with E-state index in [1.54, 1.807) is 11.0 Å². The van der Waals surface area contributed by atoms with Crippen molar-refractivity contribution in [2.75, 3.05) is 20.3 Å². The van der Waals surface area contributed by atoms with Gasteiger partial charge in [0, 0.05) is 13.7 Å². The Morgan fingerprint density at radius 2 is 1.94 bits per heavy atom. The molecule has 0 aromatic carbocycles. The number of carbonyl (C=O) groups excluding carboxylic acids is 2. The normalized spacial score (nSPS) is 27.1. The molecule has 186 valence electrons. The molecule has 2 rings (SSSR count). The van der Waals surface area contributed by atoms with Crippen molar-refractivity contribution in [1.29, 1.82) is 0 Å². The van der Waals surface area contributed by atoms with Crippen molar-refractivity contribution in [3.63, 3.8) is 0 Å². The third-order valence-electron chi connectivity index (χ3n) is 5.55. The zero-order valence-corrected chi connectivity index (χ0v) is 20.0. The molecule has 7 atom stereocenters. The van der Waals surface area contributed by atoms with E-state index in [-0.39, 0.29) is 30.1 Å². The summed E-state index contributed by atoms with van der Waals surface area (Å²) in [6, 6.07) is -1.25. The SMILES string of the molecule is CCCN1C(=O)[C@@H](NC(=O)[C@H](OC)[C@H](O)[C@@H](O)[C@H](O)/C=C/C(C)(C)C)COC2C=CC=CC21. The van der Waals surface area contributed by atoms with E-state index >= 15 is 0 Å². The number of aliphatic hydroxyl groups is 3. The molecule has 1 heterocycles. The van der Waals surface area contributed by atoms with E-state index in [9.17, 15) is 24.9 Å². The van der Waals surface area contributed by atoms with E-state index in [1.165, 1.54) is 13.2 Å². The molecule has 2 amide bonds. The molecule has 1 aliphatic heterocycles. The fourth-order valence-electron chi connectivity index (χ4n) is 3.78. The van der Waals surface area contributed by atoms with Crippen molar-refractivity contribution >= 4 is 11.8 Å². The Bertz CT molecular complexity index is 758. The lowest BCUT2D eigenvalue weighted by Gasteiger charge is -2.33. The molecule has 1 aliphatic carbocycles. The molecular formula is C24H38N2O7. The smallest absolute Gasteiger partial charge is 0.252 e. The van der Waals surface area contributed by atoms with Crippen LogP contribution in [0.2, 0.25) is 0 Å². The Morgan fingerprint density at radius 3 is 2.55 bits per heavy atom. The number of rotatable bonds is 9. The summed E-state index contributed by atoms with van der Waals surface area (Å²) in [6.45, 7) is 8.16. The third kappa shape index (κ3) is 7.22. The maximum absolute atomic E-state index is 13.2. The summed E-state index contributed by atoms with van der Waals surface area (Å²) >= 11 is 0. The average Bonchev–Trinajstić information content (AvgIpc) is 2.89. The molecule has 1 fully saturated rings. The molecule has 33 heavy (non-hydrogen) atoms. The van der Waals surface area contributed by atoms with Gasteiger partial charge in [-0.2, -0.15) is 0 Å². The zero-order chi connectivity index (χ0) is 24.8. The van der Waals surface area contributed by atoms with Gasteiger partial charge < -0.3 is 35.0 Å². The topological polar surface area (TPSA) is 129 Å². The maximum Gasteiger partial charge on any atom is 0.252 e.